The van der Waals surface area contributed by atoms with Gasteiger partial charge < -0.3 is 9.84 Å². The predicted molar refractivity (Wildman–Crippen MR) is 106 cm³/mol. The van der Waals surface area contributed by atoms with E-state index in [0.29, 0.717) is 20.8 Å². The maximum Gasteiger partial charge on any atom is 0.137 e. The first-order valence-corrected chi connectivity index (χ1v) is 8.94. The molecule has 0 aliphatic heterocycles. The summed E-state index contributed by atoms with van der Waals surface area (Å²) < 4.78 is 6.69. The molecule has 1 N–H and O–H groups in total. The number of nitrogens with zero attached hydrogens (tertiary/aromatic N) is 1. The Bertz CT molecular complexity index is 957. The van der Waals surface area contributed by atoms with Gasteiger partial charge in [-0.3, -0.25) is 0 Å². The van der Waals surface area contributed by atoms with E-state index >= 15 is 0 Å². The van der Waals surface area contributed by atoms with E-state index in [2.05, 4.69) is 36.8 Å². The van der Waals surface area contributed by atoms with Gasteiger partial charge in [-0.05, 0) is 64.5 Å². The second-order valence-electron chi connectivity index (χ2n) is 5.07. The third-order valence-corrected chi connectivity index (χ3v) is 4.85. The number of rotatable bonds is 3. The van der Waals surface area contributed by atoms with E-state index in [-0.39, 0.29) is 5.75 Å². The lowest BCUT2D eigenvalue weighted by molar-refractivity contribution is 0.415. The average molecular weight is 470 g/mol. The maximum absolute atomic E-state index is 10.1. The maximum atomic E-state index is 10.1. The molecular formula is C18H12Br2ClNO2. The van der Waals surface area contributed by atoms with E-state index in [0.717, 1.165) is 21.1 Å². The summed E-state index contributed by atoms with van der Waals surface area (Å²) >= 11 is 13.1. The highest BCUT2D eigenvalue weighted by Gasteiger charge is 2.07. The van der Waals surface area contributed by atoms with Crippen molar-refractivity contribution in [2.75, 3.05) is 7.11 Å². The first-order chi connectivity index (χ1) is 11.5. The second kappa shape index (κ2) is 7.13. The first-order valence-electron chi connectivity index (χ1n) is 6.98. The Labute approximate surface area is 161 Å². The van der Waals surface area contributed by atoms with E-state index < -0.39 is 0 Å². The van der Waals surface area contributed by atoms with Crippen LogP contribution in [0.25, 0.3) is 23.1 Å². The van der Waals surface area contributed by atoms with Crippen LogP contribution in [0.4, 0.5) is 0 Å². The number of pyridine rings is 1. The van der Waals surface area contributed by atoms with E-state index in [1.165, 1.54) is 0 Å². The van der Waals surface area contributed by atoms with Gasteiger partial charge in [-0.2, -0.15) is 0 Å². The summed E-state index contributed by atoms with van der Waals surface area (Å²) in [5.41, 5.74) is 2.15. The number of phenols is 1. The van der Waals surface area contributed by atoms with Crippen LogP contribution in [-0.2, 0) is 0 Å². The molecule has 0 spiro atoms. The number of hydrogen-bond donors (Lipinski definition) is 1. The molecule has 1 heterocycles. The molecule has 0 saturated heterocycles. The highest BCUT2D eigenvalue weighted by atomic mass is 79.9. The Kier molecular flexibility index (Phi) is 5.13. The van der Waals surface area contributed by atoms with Crippen LogP contribution in [0.5, 0.6) is 11.5 Å². The number of methoxy groups -OCH3 is 1. The van der Waals surface area contributed by atoms with Crippen molar-refractivity contribution in [1.29, 1.82) is 0 Å². The molecule has 0 aliphatic carbocycles. The number of ether oxygens (including phenoxy) is 1. The van der Waals surface area contributed by atoms with Crippen LogP contribution in [-0.4, -0.2) is 17.2 Å². The highest BCUT2D eigenvalue weighted by molar-refractivity contribution is 9.11. The number of halogens is 3. The van der Waals surface area contributed by atoms with Crippen molar-refractivity contribution in [3.05, 3.63) is 61.6 Å². The smallest absolute Gasteiger partial charge is 0.137 e. The van der Waals surface area contributed by atoms with Crippen molar-refractivity contribution >= 4 is 66.5 Å². The third-order valence-electron chi connectivity index (χ3n) is 3.48. The minimum Gasteiger partial charge on any atom is -0.506 e. The molecule has 6 heteroatoms. The molecule has 0 bridgehead atoms. The molecule has 0 atom stereocenters. The second-order valence-corrected chi connectivity index (χ2v) is 7.25. The lowest BCUT2D eigenvalue weighted by Crippen LogP contribution is -1.88. The molecule has 3 nitrogen and oxygen atoms in total. The number of hydrogen-bond acceptors (Lipinski definition) is 3. The lowest BCUT2D eigenvalue weighted by atomic mass is 10.1. The summed E-state index contributed by atoms with van der Waals surface area (Å²) in [6.07, 6.45) is 3.60. The standard InChI is InChI=1S/C18H12Br2ClNO2/c1-24-13-4-5-17-14(9-13)16(21)8-12(22-17)3-2-10-6-11(19)7-15(20)18(10)23/h2-9,23H,1H3/b3-2+. The van der Waals surface area contributed by atoms with Crippen molar-refractivity contribution in [1.82, 2.24) is 4.98 Å². The van der Waals surface area contributed by atoms with E-state index in [1.54, 1.807) is 25.3 Å². The normalized spacial score (nSPS) is 11.3. The zero-order valence-electron chi connectivity index (χ0n) is 12.6. The van der Waals surface area contributed by atoms with Gasteiger partial charge in [-0.15, -0.1) is 0 Å². The number of fused-ring (bicyclic) bond motifs is 1. The predicted octanol–water partition coefficient (Wildman–Crippen LogP) is 6.30. The molecule has 3 aromatic rings. The van der Waals surface area contributed by atoms with Gasteiger partial charge in [0, 0.05) is 15.4 Å². The van der Waals surface area contributed by atoms with Crippen molar-refractivity contribution in [3.8, 4) is 11.5 Å². The topological polar surface area (TPSA) is 42.4 Å². The van der Waals surface area contributed by atoms with E-state index in [4.69, 9.17) is 16.3 Å². The van der Waals surface area contributed by atoms with Crippen LogP contribution in [0.2, 0.25) is 5.02 Å². The molecule has 0 fully saturated rings. The summed E-state index contributed by atoms with van der Waals surface area (Å²) in [5.74, 6) is 0.907. The molecular weight excluding hydrogens is 457 g/mol. The molecule has 1 aromatic heterocycles. The fourth-order valence-corrected chi connectivity index (χ4v) is 3.80. The van der Waals surface area contributed by atoms with Gasteiger partial charge in [0.2, 0.25) is 0 Å². The molecule has 0 saturated carbocycles. The van der Waals surface area contributed by atoms with Gasteiger partial charge >= 0.3 is 0 Å². The Morgan fingerprint density at radius 2 is 1.92 bits per heavy atom. The zero-order valence-corrected chi connectivity index (χ0v) is 16.5. The van der Waals surface area contributed by atoms with Gasteiger partial charge in [0.15, 0.2) is 0 Å². The quantitative estimate of drug-likeness (QED) is 0.490. The molecule has 0 amide bonds. The van der Waals surface area contributed by atoms with Crippen LogP contribution >= 0.6 is 43.5 Å². The SMILES string of the molecule is COc1ccc2nc(/C=C/c3cc(Br)cc(Br)c3O)cc(Cl)c2c1. The van der Waals surface area contributed by atoms with Crippen molar-refractivity contribution < 1.29 is 9.84 Å². The summed E-state index contributed by atoms with van der Waals surface area (Å²) in [5, 5.41) is 11.5. The minimum absolute atomic E-state index is 0.172. The van der Waals surface area contributed by atoms with Crippen LogP contribution < -0.4 is 4.74 Å². The summed E-state index contributed by atoms with van der Waals surface area (Å²) in [6.45, 7) is 0. The van der Waals surface area contributed by atoms with Gasteiger partial charge in [0.05, 0.1) is 27.8 Å². The summed E-state index contributed by atoms with van der Waals surface area (Å²) in [4.78, 5) is 4.57. The summed E-state index contributed by atoms with van der Waals surface area (Å²) in [7, 11) is 1.61. The number of benzene rings is 2. The molecule has 0 aliphatic rings. The van der Waals surface area contributed by atoms with Crippen LogP contribution in [0.1, 0.15) is 11.3 Å². The van der Waals surface area contributed by atoms with Gasteiger partial charge in [-0.1, -0.05) is 27.5 Å². The average Bonchev–Trinajstić information content (AvgIpc) is 2.56. The molecule has 0 unspecified atom stereocenters. The van der Waals surface area contributed by atoms with Gasteiger partial charge in [0.1, 0.15) is 11.5 Å². The number of aromatic nitrogens is 1. The Hall–Kier alpha value is -1.56. The fraction of sp³-hybridized carbons (Fsp3) is 0.0556. The van der Waals surface area contributed by atoms with Gasteiger partial charge in [-0.25, -0.2) is 4.98 Å². The minimum atomic E-state index is 0.172. The van der Waals surface area contributed by atoms with Gasteiger partial charge in [0.25, 0.3) is 0 Å². The Morgan fingerprint density at radius 1 is 1.12 bits per heavy atom. The monoisotopic (exact) mass is 467 g/mol. The molecule has 24 heavy (non-hydrogen) atoms. The molecule has 2 aromatic carbocycles. The van der Waals surface area contributed by atoms with Crippen molar-refractivity contribution in [2.24, 2.45) is 0 Å². The fourth-order valence-electron chi connectivity index (χ4n) is 2.28. The molecule has 0 radical (unpaired) electrons. The van der Waals surface area contributed by atoms with Crippen molar-refractivity contribution in [2.45, 2.75) is 0 Å². The molecule has 3 rings (SSSR count). The largest absolute Gasteiger partial charge is 0.506 e. The number of aromatic hydroxyl groups is 1. The number of phenolic OH excluding ortho intramolecular Hbond substituents is 1. The zero-order chi connectivity index (χ0) is 17.3. The third kappa shape index (κ3) is 3.58. The lowest BCUT2D eigenvalue weighted by Gasteiger charge is -2.06. The molecule has 122 valence electrons. The highest BCUT2D eigenvalue weighted by Crippen LogP contribution is 2.33. The van der Waals surface area contributed by atoms with Crippen LogP contribution in [0.3, 0.4) is 0 Å². The van der Waals surface area contributed by atoms with Crippen molar-refractivity contribution in [3.63, 3.8) is 0 Å². The van der Waals surface area contributed by atoms with E-state index in [9.17, 15) is 5.11 Å². The Balaban J connectivity index is 2.02. The first kappa shape index (κ1) is 17.3. The van der Waals surface area contributed by atoms with E-state index in [1.807, 2.05) is 30.3 Å². The van der Waals surface area contributed by atoms with Crippen LogP contribution in [0.15, 0.2) is 45.3 Å². The van der Waals surface area contributed by atoms with Crippen LogP contribution in [0, 0.1) is 0 Å². The Morgan fingerprint density at radius 3 is 2.67 bits per heavy atom. The summed E-state index contributed by atoms with van der Waals surface area (Å²) in [6, 6.07) is 11.0.